The van der Waals surface area contributed by atoms with Gasteiger partial charge in [0.25, 0.3) is 0 Å². The minimum absolute atomic E-state index is 1.07. The summed E-state index contributed by atoms with van der Waals surface area (Å²) in [6.45, 7) is 8.01. The molecule has 1 fully saturated rings. The molecule has 0 aromatic carbocycles. The molecular weight excluding hydrogens is 198 g/mol. The number of likely N-dealkylation sites (N-methyl/N-ethyl adjacent to an activating group) is 1. The van der Waals surface area contributed by atoms with Crippen molar-refractivity contribution in [2.24, 2.45) is 0 Å². The molecule has 88 valence electrons. The summed E-state index contributed by atoms with van der Waals surface area (Å²) in [5, 5.41) is 0. The Labute approximate surface area is 98.1 Å². The van der Waals surface area contributed by atoms with Crippen LogP contribution < -0.4 is 0 Å². The molecule has 0 amide bonds. The van der Waals surface area contributed by atoms with E-state index in [1.54, 1.807) is 0 Å². The van der Waals surface area contributed by atoms with Crippen LogP contribution in [0.2, 0.25) is 0 Å². The zero-order chi connectivity index (χ0) is 11.4. The van der Waals surface area contributed by atoms with Crippen LogP contribution in [0.4, 0.5) is 0 Å². The summed E-state index contributed by atoms with van der Waals surface area (Å²) in [7, 11) is 2.19. The van der Waals surface area contributed by atoms with Gasteiger partial charge in [-0.05, 0) is 25.6 Å². The number of nitrogens with zero attached hydrogens (tertiary/aromatic N) is 3. The highest BCUT2D eigenvalue weighted by Gasteiger charge is 2.13. The highest BCUT2D eigenvalue weighted by atomic mass is 15.2. The van der Waals surface area contributed by atoms with Crippen molar-refractivity contribution in [1.82, 2.24) is 14.8 Å². The van der Waals surface area contributed by atoms with E-state index in [0.717, 1.165) is 13.0 Å². The van der Waals surface area contributed by atoms with Crippen molar-refractivity contribution >= 4 is 0 Å². The number of rotatable bonds is 3. The van der Waals surface area contributed by atoms with E-state index >= 15 is 0 Å². The van der Waals surface area contributed by atoms with Crippen molar-refractivity contribution in [2.75, 3.05) is 39.8 Å². The summed E-state index contributed by atoms with van der Waals surface area (Å²) >= 11 is 0. The number of hydrogen-bond donors (Lipinski definition) is 0. The van der Waals surface area contributed by atoms with Crippen molar-refractivity contribution in [2.45, 2.75) is 13.3 Å². The van der Waals surface area contributed by atoms with Crippen molar-refractivity contribution in [1.29, 1.82) is 0 Å². The molecule has 0 radical (unpaired) electrons. The van der Waals surface area contributed by atoms with Gasteiger partial charge in [0, 0.05) is 51.0 Å². The molecule has 2 heterocycles. The van der Waals surface area contributed by atoms with Gasteiger partial charge in [-0.25, -0.2) is 0 Å². The zero-order valence-electron chi connectivity index (χ0n) is 10.3. The fraction of sp³-hybridized carbons (Fsp3) is 0.615. The maximum atomic E-state index is 4.44. The first-order chi connectivity index (χ1) is 7.74. The van der Waals surface area contributed by atoms with Gasteiger partial charge in [0.1, 0.15) is 0 Å². The molecular formula is C13H21N3. The Hall–Kier alpha value is -0.930. The van der Waals surface area contributed by atoms with Crippen molar-refractivity contribution < 1.29 is 0 Å². The summed E-state index contributed by atoms with van der Waals surface area (Å²) in [4.78, 5) is 9.36. The van der Waals surface area contributed by atoms with Crippen LogP contribution in [0, 0.1) is 6.92 Å². The largest absolute Gasteiger partial charge is 0.304 e. The Morgan fingerprint density at radius 3 is 2.56 bits per heavy atom. The molecule has 16 heavy (non-hydrogen) atoms. The number of pyridine rings is 1. The van der Waals surface area contributed by atoms with Crippen LogP contribution in [0.5, 0.6) is 0 Å². The zero-order valence-corrected chi connectivity index (χ0v) is 10.3. The van der Waals surface area contributed by atoms with Gasteiger partial charge in [-0.2, -0.15) is 0 Å². The van der Waals surface area contributed by atoms with E-state index in [1.165, 1.54) is 37.4 Å². The van der Waals surface area contributed by atoms with Crippen molar-refractivity contribution in [3.8, 4) is 0 Å². The highest BCUT2D eigenvalue weighted by Crippen LogP contribution is 2.03. The van der Waals surface area contributed by atoms with E-state index in [1.807, 2.05) is 6.20 Å². The van der Waals surface area contributed by atoms with E-state index in [9.17, 15) is 0 Å². The first kappa shape index (κ1) is 11.6. The van der Waals surface area contributed by atoms with Gasteiger partial charge in [-0.1, -0.05) is 6.07 Å². The molecule has 0 bridgehead atoms. The Morgan fingerprint density at radius 2 is 1.94 bits per heavy atom. The maximum absolute atomic E-state index is 4.44. The minimum atomic E-state index is 1.07. The fourth-order valence-electron chi connectivity index (χ4n) is 1.99. The molecule has 3 heteroatoms. The predicted molar refractivity (Wildman–Crippen MR) is 66.6 cm³/mol. The molecule has 1 saturated heterocycles. The predicted octanol–water partition coefficient (Wildman–Crippen LogP) is 1.18. The average Bonchev–Trinajstić information content (AvgIpc) is 2.30. The lowest BCUT2D eigenvalue weighted by Gasteiger charge is -2.32. The molecule has 2 rings (SSSR count). The summed E-state index contributed by atoms with van der Waals surface area (Å²) in [5.74, 6) is 0. The third-order valence-electron chi connectivity index (χ3n) is 3.25. The smallest absolute Gasteiger partial charge is 0.0416 e. The van der Waals surface area contributed by atoms with Gasteiger partial charge in [-0.3, -0.25) is 4.98 Å². The third kappa shape index (κ3) is 3.29. The molecule has 0 saturated carbocycles. The molecule has 0 aliphatic carbocycles. The van der Waals surface area contributed by atoms with Gasteiger partial charge in [-0.15, -0.1) is 0 Å². The Morgan fingerprint density at radius 1 is 1.19 bits per heavy atom. The SMILES string of the molecule is Cc1ccc(CCN2CCN(C)CC2)nc1. The van der Waals surface area contributed by atoms with Gasteiger partial charge >= 0.3 is 0 Å². The van der Waals surface area contributed by atoms with Gasteiger partial charge in [0.05, 0.1) is 0 Å². The van der Waals surface area contributed by atoms with Crippen LogP contribution in [0.1, 0.15) is 11.3 Å². The van der Waals surface area contributed by atoms with Crippen molar-refractivity contribution in [3.05, 3.63) is 29.6 Å². The van der Waals surface area contributed by atoms with Gasteiger partial charge in [0.15, 0.2) is 0 Å². The Balaban J connectivity index is 1.77. The molecule has 0 N–H and O–H groups in total. The first-order valence-electron chi connectivity index (χ1n) is 6.06. The Bertz CT molecular complexity index is 312. The third-order valence-corrected chi connectivity index (χ3v) is 3.25. The van der Waals surface area contributed by atoms with E-state index in [0.29, 0.717) is 0 Å². The lowest BCUT2D eigenvalue weighted by molar-refractivity contribution is 0.155. The molecule has 0 unspecified atom stereocenters. The minimum Gasteiger partial charge on any atom is -0.304 e. The van der Waals surface area contributed by atoms with E-state index in [2.05, 4.69) is 40.9 Å². The molecule has 1 aliphatic heterocycles. The second-order valence-corrected chi connectivity index (χ2v) is 4.72. The summed E-state index contributed by atoms with van der Waals surface area (Å²) in [5.41, 5.74) is 2.45. The molecule has 3 nitrogen and oxygen atoms in total. The van der Waals surface area contributed by atoms with Crippen LogP contribution in [0.25, 0.3) is 0 Å². The van der Waals surface area contributed by atoms with Crippen LogP contribution in [-0.2, 0) is 6.42 Å². The van der Waals surface area contributed by atoms with Crippen LogP contribution in [-0.4, -0.2) is 54.6 Å². The summed E-state index contributed by atoms with van der Waals surface area (Å²) in [6.07, 6.45) is 3.03. The van der Waals surface area contributed by atoms with Crippen molar-refractivity contribution in [3.63, 3.8) is 0 Å². The lowest BCUT2D eigenvalue weighted by atomic mass is 10.2. The first-order valence-corrected chi connectivity index (χ1v) is 6.06. The quantitative estimate of drug-likeness (QED) is 0.761. The number of aromatic nitrogens is 1. The van der Waals surface area contributed by atoms with Gasteiger partial charge in [0.2, 0.25) is 0 Å². The lowest BCUT2D eigenvalue weighted by Crippen LogP contribution is -2.45. The second kappa shape index (κ2) is 5.41. The molecule has 0 spiro atoms. The number of aryl methyl sites for hydroxylation is 1. The summed E-state index contributed by atoms with van der Waals surface area (Å²) < 4.78 is 0. The number of hydrogen-bond acceptors (Lipinski definition) is 3. The Kier molecular flexibility index (Phi) is 3.91. The second-order valence-electron chi connectivity index (χ2n) is 4.72. The normalized spacial score (nSPS) is 18.9. The van der Waals surface area contributed by atoms with Crippen LogP contribution >= 0.6 is 0 Å². The van der Waals surface area contributed by atoms with E-state index in [-0.39, 0.29) is 0 Å². The molecule has 1 aromatic rings. The van der Waals surface area contributed by atoms with E-state index < -0.39 is 0 Å². The standard InChI is InChI=1S/C13H21N3/c1-12-3-4-13(14-11-12)5-6-16-9-7-15(2)8-10-16/h3-4,11H,5-10H2,1-2H3. The molecule has 1 aromatic heterocycles. The topological polar surface area (TPSA) is 19.4 Å². The van der Waals surface area contributed by atoms with Crippen LogP contribution in [0.15, 0.2) is 18.3 Å². The van der Waals surface area contributed by atoms with Crippen LogP contribution in [0.3, 0.4) is 0 Å². The summed E-state index contributed by atoms with van der Waals surface area (Å²) in [6, 6.07) is 4.29. The molecule has 0 atom stereocenters. The van der Waals surface area contributed by atoms with E-state index in [4.69, 9.17) is 0 Å². The highest BCUT2D eigenvalue weighted by molar-refractivity contribution is 5.12. The molecule has 1 aliphatic rings. The average molecular weight is 219 g/mol. The maximum Gasteiger partial charge on any atom is 0.0416 e. The monoisotopic (exact) mass is 219 g/mol. The van der Waals surface area contributed by atoms with Gasteiger partial charge < -0.3 is 9.80 Å². The fourth-order valence-corrected chi connectivity index (χ4v) is 1.99. The number of piperazine rings is 1.